The Balaban J connectivity index is 1.87. The lowest BCUT2D eigenvalue weighted by molar-refractivity contribution is -0.152. The van der Waals surface area contributed by atoms with E-state index in [0.29, 0.717) is 16.9 Å². The van der Waals surface area contributed by atoms with Gasteiger partial charge in [-0.3, -0.25) is 14.4 Å². The summed E-state index contributed by atoms with van der Waals surface area (Å²) in [6.07, 6.45) is -1.07. The first-order valence-electron chi connectivity index (χ1n) is 8.06. The minimum absolute atomic E-state index is 0.0274. The Bertz CT molecular complexity index is 855. The number of rotatable bonds is 6. The normalized spacial score (nSPS) is 11.4. The van der Waals surface area contributed by atoms with Crippen molar-refractivity contribution >= 4 is 40.8 Å². The lowest BCUT2D eigenvalue weighted by atomic mass is 10.1. The van der Waals surface area contributed by atoms with E-state index < -0.39 is 23.8 Å². The summed E-state index contributed by atoms with van der Waals surface area (Å²) in [5.74, 6) is -1.93. The van der Waals surface area contributed by atoms with Crippen LogP contribution in [-0.4, -0.2) is 23.9 Å². The molecule has 0 aliphatic rings. The molecule has 6 nitrogen and oxygen atoms in total. The minimum Gasteiger partial charge on any atom is -0.452 e. The fraction of sp³-hybridized carbons (Fsp3) is 0.211. The van der Waals surface area contributed by atoms with Gasteiger partial charge in [0.2, 0.25) is 5.91 Å². The summed E-state index contributed by atoms with van der Waals surface area (Å²) in [5, 5.41) is 4.99. The van der Waals surface area contributed by atoms with Crippen LogP contribution in [-0.2, 0) is 25.5 Å². The van der Waals surface area contributed by atoms with Crippen LogP contribution < -0.4 is 10.6 Å². The predicted octanol–water partition coefficient (Wildman–Crippen LogP) is 3.55. The maximum atomic E-state index is 13.1. The molecule has 0 fully saturated rings. The van der Waals surface area contributed by atoms with Crippen molar-refractivity contribution in [3.8, 4) is 0 Å². The molecule has 142 valence electrons. The van der Waals surface area contributed by atoms with Gasteiger partial charge < -0.3 is 15.4 Å². The summed E-state index contributed by atoms with van der Waals surface area (Å²) in [4.78, 5) is 35.1. The number of hydrogen-bond acceptors (Lipinski definition) is 4. The molecular formula is C19H18ClFN2O4. The van der Waals surface area contributed by atoms with Gasteiger partial charge in [-0.15, -0.1) is 0 Å². The zero-order chi connectivity index (χ0) is 20.0. The first-order valence-corrected chi connectivity index (χ1v) is 8.44. The van der Waals surface area contributed by atoms with Gasteiger partial charge in [0.25, 0.3) is 5.91 Å². The summed E-state index contributed by atoms with van der Waals surface area (Å²) in [6, 6.07) is 10.4. The van der Waals surface area contributed by atoms with E-state index in [1.54, 1.807) is 24.3 Å². The highest BCUT2D eigenvalue weighted by Gasteiger charge is 2.18. The Kier molecular flexibility index (Phi) is 6.90. The van der Waals surface area contributed by atoms with E-state index >= 15 is 0 Å². The third-order valence-corrected chi connectivity index (χ3v) is 3.78. The van der Waals surface area contributed by atoms with Gasteiger partial charge >= 0.3 is 5.97 Å². The minimum atomic E-state index is -1.04. The number of amides is 2. The van der Waals surface area contributed by atoms with Crippen molar-refractivity contribution in [2.24, 2.45) is 0 Å². The Morgan fingerprint density at radius 3 is 2.30 bits per heavy atom. The van der Waals surface area contributed by atoms with E-state index in [1.165, 1.54) is 26.0 Å². The Morgan fingerprint density at radius 2 is 1.70 bits per heavy atom. The van der Waals surface area contributed by atoms with Crippen LogP contribution in [0.1, 0.15) is 19.4 Å². The average molecular weight is 393 g/mol. The van der Waals surface area contributed by atoms with Gasteiger partial charge in [0.15, 0.2) is 6.10 Å². The van der Waals surface area contributed by atoms with Crippen molar-refractivity contribution in [2.75, 3.05) is 10.6 Å². The fourth-order valence-corrected chi connectivity index (χ4v) is 2.37. The van der Waals surface area contributed by atoms with Crippen LogP contribution in [0.4, 0.5) is 15.8 Å². The predicted molar refractivity (Wildman–Crippen MR) is 100 cm³/mol. The van der Waals surface area contributed by atoms with E-state index in [0.717, 1.165) is 6.07 Å². The van der Waals surface area contributed by atoms with E-state index in [-0.39, 0.29) is 17.4 Å². The van der Waals surface area contributed by atoms with Crippen LogP contribution in [0, 0.1) is 5.82 Å². The van der Waals surface area contributed by atoms with Crippen LogP contribution in [0.3, 0.4) is 0 Å². The molecule has 0 saturated heterocycles. The maximum Gasteiger partial charge on any atom is 0.311 e. The Morgan fingerprint density at radius 1 is 1.07 bits per heavy atom. The first kappa shape index (κ1) is 20.4. The summed E-state index contributed by atoms with van der Waals surface area (Å²) in [7, 11) is 0. The molecule has 2 amide bonds. The van der Waals surface area contributed by atoms with Gasteiger partial charge in [0, 0.05) is 18.3 Å². The van der Waals surface area contributed by atoms with Gasteiger partial charge in [-0.2, -0.15) is 0 Å². The molecule has 0 unspecified atom stereocenters. The van der Waals surface area contributed by atoms with Crippen LogP contribution in [0.15, 0.2) is 42.5 Å². The molecule has 2 N–H and O–H groups in total. The number of carbonyl (C=O) groups excluding carboxylic acids is 3. The first-order chi connectivity index (χ1) is 12.7. The summed E-state index contributed by atoms with van der Waals surface area (Å²) in [6.45, 7) is 2.83. The number of nitrogens with one attached hydrogen (secondary N) is 2. The van der Waals surface area contributed by atoms with Crippen molar-refractivity contribution in [1.29, 1.82) is 0 Å². The monoisotopic (exact) mass is 392 g/mol. The zero-order valence-electron chi connectivity index (χ0n) is 14.7. The molecule has 0 spiro atoms. The summed E-state index contributed by atoms with van der Waals surface area (Å²) >= 11 is 5.66. The molecule has 2 aromatic carbocycles. The van der Waals surface area contributed by atoms with Crippen LogP contribution >= 0.6 is 11.6 Å². The molecular weight excluding hydrogens is 375 g/mol. The molecule has 27 heavy (non-hydrogen) atoms. The second kappa shape index (κ2) is 9.14. The fourth-order valence-electron chi connectivity index (χ4n) is 2.19. The molecule has 2 aromatic rings. The number of halogens is 2. The SMILES string of the molecule is CC(=O)Nc1ccc(CC(=O)O[C@@H](C)C(=O)Nc2ccc(F)c(Cl)c2)cc1. The van der Waals surface area contributed by atoms with Gasteiger partial charge in [0.05, 0.1) is 11.4 Å². The molecule has 2 rings (SSSR count). The number of esters is 1. The van der Waals surface area contributed by atoms with E-state index in [4.69, 9.17) is 16.3 Å². The van der Waals surface area contributed by atoms with Crippen LogP contribution in [0.25, 0.3) is 0 Å². The van der Waals surface area contributed by atoms with Crippen LogP contribution in [0.5, 0.6) is 0 Å². The Labute approximate surface area is 160 Å². The smallest absolute Gasteiger partial charge is 0.311 e. The highest BCUT2D eigenvalue weighted by molar-refractivity contribution is 6.31. The molecule has 0 aromatic heterocycles. The van der Waals surface area contributed by atoms with Crippen molar-refractivity contribution < 1.29 is 23.5 Å². The number of ether oxygens (including phenoxy) is 1. The highest BCUT2D eigenvalue weighted by Crippen LogP contribution is 2.19. The van der Waals surface area contributed by atoms with E-state index in [9.17, 15) is 18.8 Å². The van der Waals surface area contributed by atoms with E-state index in [1.807, 2.05) is 0 Å². The number of anilines is 2. The summed E-state index contributed by atoms with van der Waals surface area (Å²) < 4.78 is 18.2. The molecule has 0 heterocycles. The number of carbonyl (C=O) groups is 3. The Hall–Kier alpha value is -2.93. The topological polar surface area (TPSA) is 84.5 Å². The second-order valence-corrected chi connectivity index (χ2v) is 6.21. The molecule has 0 radical (unpaired) electrons. The standard InChI is InChI=1S/C19H18ClFN2O4/c1-11(19(26)23-15-7-8-17(21)16(20)10-15)27-18(25)9-13-3-5-14(6-4-13)22-12(2)24/h3-8,10-11H,9H2,1-2H3,(H,22,24)(H,23,26)/t11-/m0/s1. The largest absolute Gasteiger partial charge is 0.452 e. The lowest BCUT2D eigenvalue weighted by Crippen LogP contribution is -2.30. The maximum absolute atomic E-state index is 13.1. The molecule has 0 aliphatic heterocycles. The van der Waals surface area contributed by atoms with Crippen LogP contribution in [0.2, 0.25) is 5.02 Å². The molecule has 0 saturated carbocycles. The lowest BCUT2D eigenvalue weighted by Gasteiger charge is -2.14. The number of hydrogen-bond donors (Lipinski definition) is 2. The quantitative estimate of drug-likeness (QED) is 0.736. The van der Waals surface area contributed by atoms with Gasteiger partial charge in [0.1, 0.15) is 5.82 Å². The molecule has 8 heteroatoms. The molecule has 0 bridgehead atoms. The van der Waals surface area contributed by atoms with Gasteiger partial charge in [-0.1, -0.05) is 23.7 Å². The van der Waals surface area contributed by atoms with E-state index in [2.05, 4.69) is 10.6 Å². The molecule has 0 aliphatic carbocycles. The molecule has 1 atom stereocenters. The zero-order valence-corrected chi connectivity index (χ0v) is 15.5. The van der Waals surface area contributed by atoms with Crippen molar-refractivity contribution in [3.05, 3.63) is 58.9 Å². The van der Waals surface area contributed by atoms with Gasteiger partial charge in [-0.25, -0.2) is 4.39 Å². The second-order valence-electron chi connectivity index (χ2n) is 5.81. The average Bonchev–Trinajstić information content (AvgIpc) is 2.59. The summed E-state index contributed by atoms with van der Waals surface area (Å²) in [5.41, 5.74) is 1.58. The number of benzene rings is 2. The van der Waals surface area contributed by atoms with Crippen molar-refractivity contribution in [2.45, 2.75) is 26.4 Å². The van der Waals surface area contributed by atoms with Crippen molar-refractivity contribution in [1.82, 2.24) is 0 Å². The highest BCUT2D eigenvalue weighted by atomic mass is 35.5. The third-order valence-electron chi connectivity index (χ3n) is 3.49. The van der Waals surface area contributed by atoms with Gasteiger partial charge in [-0.05, 0) is 42.8 Å². The third kappa shape index (κ3) is 6.38. The van der Waals surface area contributed by atoms with Crippen molar-refractivity contribution in [3.63, 3.8) is 0 Å².